The van der Waals surface area contributed by atoms with Crippen LogP contribution in [0.15, 0.2) is 30.3 Å². The van der Waals surface area contributed by atoms with Gasteiger partial charge < -0.3 is 9.47 Å². The second-order valence-corrected chi connectivity index (χ2v) is 7.42. The van der Waals surface area contributed by atoms with Crippen molar-refractivity contribution in [2.45, 2.75) is 30.8 Å². The van der Waals surface area contributed by atoms with E-state index in [1.54, 1.807) is 30.3 Å². The van der Waals surface area contributed by atoms with Gasteiger partial charge >= 0.3 is 11.9 Å². The first-order valence-corrected chi connectivity index (χ1v) is 8.32. The Bertz CT molecular complexity index is 633. The van der Waals surface area contributed by atoms with Crippen molar-refractivity contribution in [3.63, 3.8) is 0 Å². The molecule has 1 aromatic rings. The lowest BCUT2D eigenvalue weighted by Crippen LogP contribution is -2.44. The summed E-state index contributed by atoms with van der Waals surface area (Å²) in [6.07, 6.45) is 0.498. The van der Waals surface area contributed by atoms with E-state index in [1.165, 1.54) is 6.92 Å². The minimum absolute atomic E-state index is 0.146. The molecule has 7 heteroatoms. The van der Waals surface area contributed by atoms with Gasteiger partial charge in [0.2, 0.25) is 0 Å². The number of hydrogen-bond donors (Lipinski definition) is 0. The Labute approximate surface area is 123 Å². The Morgan fingerprint density at radius 3 is 2.14 bits per heavy atom. The zero-order valence-corrected chi connectivity index (χ0v) is 12.6. The van der Waals surface area contributed by atoms with E-state index in [0.717, 1.165) is 6.26 Å². The van der Waals surface area contributed by atoms with Crippen LogP contribution in [0.4, 0.5) is 0 Å². The number of sulfone groups is 1. The van der Waals surface area contributed by atoms with Crippen molar-refractivity contribution >= 4 is 21.8 Å². The predicted molar refractivity (Wildman–Crippen MR) is 73.8 cm³/mol. The number of cyclic esters (lactones) is 2. The largest absolute Gasteiger partial charge is 0.422 e. The Morgan fingerprint density at radius 2 is 1.67 bits per heavy atom. The third kappa shape index (κ3) is 3.81. The molecule has 1 unspecified atom stereocenters. The van der Waals surface area contributed by atoms with Crippen LogP contribution in [-0.4, -0.2) is 32.4 Å². The molecular weight excluding hydrogens is 296 g/mol. The van der Waals surface area contributed by atoms with Crippen molar-refractivity contribution in [1.29, 1.82) is 0 Å². The zero-order chi connectivity index (χ0) is 15.7. The number of esters is 2. The number of benzene rings is 1. The zero-order valence-electron chi connectivity index (χ0n) is 11.7. The molecule has 1 atom stereocenters. The highest BCUT2D eigenvalue weighted by molar-refractivity contribution is 7.90. The van der Waals surface area contributed by atoms with Crippen molar-refractivity contribution in [2.24, 2.45) is 0 Å². The van der Waals surface area contributed by atoms with Crippen LogP contribution >= 0.6 is 0 Å². The molecule has 0 spiro atoms. The number of carbonyl (C=O) groups is 2. The Hall–Kier alpha value is -1.89. The molecule has 1 heterocycles. The highest BCUT2D eigenvalue weighted by atomic mass is 32.2. The second kappa shape index (κ2) is 5.48. The van der Waals surface area contributed by atoms with Gasteiger partial charge in [0.15, 0.2) is 9.84 Å². The molecule has 6 nitrogen and oxygen atoms in total. The van der Waals surface area contributed by atoms with E-state index in [9.17, 15) is 18.0 Å². The third-order valence-corrected chi connectivity index (χ3v) is 4.66. The van der Waals surface area contributed by atoms with Gasteiger partial charge in [-0.25, -0.2) is 8.42 Å². The molecule has 0 N–H and O–H groups in total. The summed E-state index contributed by atoms with van der Waals surface area (Å²) < 4.78 is 34.1. The van der Waals surface area contributed by atoms with Gasteiger partial charge in [-0.05, 0) is 5.56 Å². The van der Waals surface area contributed by atoms with Crippen molar-refractivity contribution in [2.75, 3.05) is 6.26 Å². The molecule has 0 aliphatic carbocycles. The number of rotatable bonds is 4. The maximum absolute atomic E-state index is 12.0. The summed E-state index contributed by atoms with van der Waals surface area (Å²) >= 11 is 0. The summed E-state index contributed by atoms with van der Waals surface area (Å²) in [7, 11) is -3.47. The molecule has 0 radical (unpaired) electrons. The minimum atomic E-state index is -3.47. The molecule has 1 fully saturated rings. The van der Waals surface area contributed by atoms with Crippen molar-refractivity contribution in [3.8, 4) is 0 Å². The summed E-state index contributed by atoms with van der Waals surface area (Å²) in [6.45, 7) is 1.39. The number of hydrogen-bond acceptors (Lipinski definition) is 6. The summed E-state index contributed by atoms with van der Waals surface area (Å²) in [4.78, 5) is 22.8. The SMILES string of the molecule is CC1(CC(c2ccccc2)S(C)(=O)=O)OC(=O)CC(=O)O1. The first-order chi connectivity index (χ1) is 9.70. The van der Waals surface area contributed by atoms with Crippen LogP contribution in [0.3, 0.4) is 0 Å². The molecule has 21 heavy (non-hydrogen) atoms. The quantitative estimate of drug-likeness (QED) is 0.616. The summed E-state index contributed by atoms with van der Waals surface area (Å²) in [6, 6.07) is 8.54. The van der Waals surface area contributed by atoms with E-state index in [-0.39, 0.29) is 6.42 Å². The van der Waals surface area contributed by atoms with Crippen LogP contribution in [0, 0.1) is 0 Å². The van der Waals surface area contributed by atoms with Gasteiger partial charge in [0, 0.05) is 19.6 Å². The molecule has 0 saturated carbocycles. The average Bonchev–Trinajstić information content (AvgIpc) is 2.34. The molecule has 2 rings (SSSR count). The van der Waals surface area contributed by atoms with E-state index in [4.69, 9.17) is 9.47 Å². The smallest absolute Gasteiger partial charge is 0.320 e. The van der Waals surface area contributed by atoms with Crippen molar-refractivity contribution in [3.05, 3.63) is 35.9 Å². The molecule has 0 amide bonds. The van der Waals surface area contributed by atoms with E-state index < -0.39 is 39.2 Å². The maximum Gasteiger partial charge on any atom is 0.320 e. The lowest BCUT2D eigenvalue weighted by molar-refractivity contribution is -0.239. The fourth-order valence-electron chi connectivity index (χ4n) is 2.30. The standard InChI is InChI=1S/C14H16O6S/c1-14(19-12(15)8-13(16)20-14)9-11(21(2,17)18)10-6-4-3-5-7-10/h3-7,11H,8-9H2,1-2H3. The van der Waals surface area contributed by atoms with Gasteiger partial charge in [-0.15, -0.1) is 0 Å². The van der Waals surface area contributed by atoms with Crippen LogP contribution < -0.4 is 0 Å². The molecule has 0 bridgehead atoms. The van der Waals surface area contributed by atoms with Gasteiger partial charge in [-0.1, -0.05) is 30.3 Å². The van der Waals surface area contributed by atoms with Gasteiger partial charge in [0.25, 0.3) is 5.79 Å². The number of ether oxygens (including phenoxy) is 2. The predicted octanol–water partition coefficient (Wildman–Crippen LogP) is 1.37. The first kappa shape index (κ1) is 15.5. The molecular formula is C14H16O6S. The minimum Gasteiger partial charge on any atom is -0.422 e. The Balaban J connectivity index is 2.32. The first-order valence-electron chi connectivity index (χ1n) is 6.37. The maximum atomic E-state index is 12.0. The van der Waals surface area contributed by atoms with Crippen LogP contribution in [0.25, 0.3) is 0 Å². The number of carbonyl (C=O) groups excluding carboxylic acids is 2. The topological polar surface area (TPSA) is 86.7 Å². The van der Waals surface area contributed by atoms with Crippen LogP contribution in [-0.2, 0) is 28.9 Å². The van der Waals surface area contributed by atoms with Gasteiger partial charge in [-0.3, -0.25) is 9.59 Å². The van der Waals surface area contributed by atoms with E-state index in [0.29, 0.717) is 5.56 Å². The van der Waals surface area contributed by atoms with Gasteiger partial charge in [0.05, 0.1) is 5.25 Å². The summed E-state index contributed by atoms with van der Waals surface area (Å²) in [5.41, 5.74) is 0.555. The van der Waals surface area contributed by atoms with Crippen molar-refractivity contribution in [1.82, 2.24) is 0 Å². The normalized spacial score (nSPS) is 19.5. The van der Waals surface area contributed by atoms with E-state index >= 15 is 0 Å². The molecule has 1 aliphatic heterocycles. The Kier molecular flexibility index (Phi) is 4.04. The molecule has 1 aromatic carbocycles. The lowest BCUT2D eigenvalue weighted by Gasteiger charge is -2.34. The highest BCUT2D eigenvalue weighted by Crippen LogP contribution is 2.35. The van der Waals surface area contributed by atoms with Crippen LogP contribution in [0.2, 0.25) is 0 Å². The molecule has 0 aromatic heterocycles. The Morgan fingerprint density at radius 1 is 1.14 bits per heavy atom. The molecule has 114 valence electrons. The van der Waals surface area contributed by atoms with Gasteiger partial charge in [-0.2, -0.15) is 0 Å². The monoisotopic (exact) mass is 312 g/mol. The fraction of sp³-hybridized carbons (Fsp3) is 0.429. The van der Waals surface area contributed by atoms with E-state index in [2.05, 4.69) is 0 Å². The van der Waals surface area contributed by atoms with Crippen molar-refractivity contribution < 1.29 is 27.5 Å². The highest BCUT2D eigenvalue weighted by Gasteiger charge is 2.43. The lowest BCUT2D eigenvalue weighted by atomic mass is 10.0. The summed E-state index contributed by atoms with van der Waals surface area (Å²) in [5.74, 6) is -3.00. The average molecular weight is 312 g/mol. The molecule has 1 aliphatic rings. The van der Waals surface area contributed by atoms with E-state index in [1.807, 2.05) is 0 Å². The van der Waals surface area contributed by atoms with Crippen LogP contribution in [0.1, 0.15) is 30.6 Å². The molecule has 1 saturated heterocycles. The van der Waals surface area contributed by atoms with Gasteiger partial charge in [0.1, 0.15) is 6.42 Å². The third-order valence-electron chi connectivity index (χ3n) is 3.19. The summed E-state index contributed by atoms with van der Waals surface area (Å²) in [5, 5.41) is -0.928. The fourth-order valence-corrected chi connectivity index (χ4v) is 3.55. The second-order valence-electron chi connectivity index (χ2n) is 5.19. The van der Waals surface area contributed by atoms with Crippen LogP contribution in [0.5, 0.6) is 0 Å².